The number of carbonyl (C=O) groups excluding carboxylic acids is 3. The Morgan fingerprint density at radius 3 is 2.53 bits per heavy atom. The van der Waals surface area contributed by atoms with Gasteiger partial charge in [0.1, 0.15) is 0 Å². The molecule has 7 nitrogen and oxygen atoms in total. The number of hydrogen-bond acceptors (Lipinski definition) is 3. The van der Waals surface area contributed by atoms with E-state index in [1.54, 1.807) is 36.1 Å². The lowest BCUT2D eigenvalue weighted by molar-refractivity contribution is -0.125. The lowest BCUT2D eigenvalue weighted by atomic mass is 9.87. The molecule has 1 atom stereocenters. The van der Waals surface area contributed by atoms with Crippen molar-refractivity contribution in [2.75, 3.05) is 18.0 Å². The highest BCUT2D eigenvalue weighted by Gasteiger charge is 2.59. The van der Waals surface area contributed by atoms with Gasteiger partial charge in [-0.05, 0) is 49.1 Å². The molecule has 1 aromatic heterocycles. The second-order valence-corrected chi connectivity index (χ2v) is 9.43. The number of para-hydroxylation sites is 2. The molecule has 3 aromatic carbocycles. The molecule has 180 valence electrons. The van der Waals surface area contributed by atoms with Gasteiger partial charge in [0.15, 0.2) is 5.54 Å². The summed E-state index contributed by atoms with van der Waals surface area (Å²) in [5.74, 6) is -0.673. The Labute approximate surface area is 208 Å². The summed E-state index contributed by atoms with van der Waals surface area (Å²) in [6.45, 7) is 2.67. The first-order valence-corrected chi connectivity index (χ1v) is 12.2. The van der Waals surface area contributed by atoms with Crippen molar-refractivity contribution < 1.29 is 14.4 Å². The number of rotatable bonds is 5. The summed E-state index contributed by atoms with van der Waals surface area (Å²) < 4.78 is 0. The van der Waals surface area contributed by atoms with Crippen LogP contribution in [0.1, 0.15) is 34.1 Å². The summed E-state index contributed by atoms with van der Waals surface area (Å²) in [5.41, 5.74) is 3.32. The molecule has 4 aromatic rings. The molecule has 0 spiro atoms. The van der Waals surface area contributed by atoms with E-state index < -0.39 is 11.6 Å². The number of amides is 4. The fourth-order valence-electron chi connectivity index (χ4n) is 5.53. The molecule has 0 saturated carbocycles. The number of H-pyrrole nitrogens is 1. The molecule has 36 heavy (non-hydrogen) atoms. The van der Waals surface area contributed by atoms with Crippen LogP contribution in [0.15, 0.2) is 78.9 Å². The van der Waals surface area contributed by atoms with Crippen LogP contribution in [0.2, 0.25) is 0 Å². The SMILES string of the molecule is C[C@]12C(=O)N(c3ccccc3C(=O)NCCc3ccccc3)C(=O)N1CCc1c2[nH]c2ccccc12. The van der Waals surface area contributed by atoms with Crippen molar-refractivity contribution in [3.8, 4) is 0 Å². The first-order valence-electron chi connectivity index (χ1n) is 12.2. The Morgan fingerprint density at radius 1 is 0.972 bits per heavy atom. The van der Waals surface area contributed by atoms with Gasteiger partial charge in [0.25, 0.3) is 11.8 Å². The van der Waals surface area contributed by atoms with Crippen LogP contribution in [0, 0.1) is 0 Å². The summed E-state index contributed by atoms with van der Waals surface area (Å²) in [7, 11) is 0. The fraction of sp³-hybridized carbons (Fsp3) is 0.207. The van der Waals surface area contributed by atoms with Crippen LogP contribution in [0.3, 0.4) is 0 Å². The monoisotopic (exact) mass is 478 g/mol. The molecule has 0 bridgehead atoms. The van der Waals surface area contributed by atoms with Crippen LogP contribution >= 0.6 is 0 Å². The molecule has 0 radical (unpaired) electrons. The molecule has 0 unspecified atom stereocenters. The number of nitrogens with one attached hydrogen (secondary N) is 2. The first kappa shape index (κ1) is 22.1. The maximum Gasteiger partial charge on any atom is 0.332 e. The van der Waals surface area contributed by atoms with Crippen molar-refractivity contribution in [1.82, 2.24) is 15.2 Å². The number of nitrogens with zero attached hydrogens (tertiary/aromatic N) is 2. The molecule has 2 aliphatic heterocycles. The molecule has 7 heteroatoms. The van der Waals surface area contributed by atoms with Gasteiger partial charge in [-0.15, -0.1) is 0 Å². The fourth-order valence-corrected chi connectivity index (χ4v) is 5.53. The zero-order valence-electron chi connectivity index (χ0n) is 20.0. The van der Waals surface area contributed by atoms with Gasteiger partial charge in [-0.25, -0.2) is 9.69 Å². The van der Waals surface area contributed by atoms with E-state index in [0.29, 0.717) is 37.2 Å². The van der Waals surface area contributed by atoms with E-state index in [0.717, 1.165) is 27.7 Å². The molecule has 6 rings (SSSR count). The van der Waals surface area contributed by atoms with E-state index in [-0.39, 0.29) is 11.8 Å². The van der Waals surface area contributed by atoms with Crippen molar-refractivity contribution in [2.45, 2.75) is 25.3 Å². The molecule has 1 saturated heterocycles. The number of imide groups is 1. The lowest BCUT2D eigenvalue weighted by Crippen LogP contribution is -2.49. The Bertz CT molecular complexity index is 1510. The minimum Gasteiger partial charge on any atom is -0.356 e. The van der Waals surface area contributed by atoms with Crippen molar-refractivity contribution >= 4 is 34.4 Å². The van der Waals surface area contributed by atoms with Gasteiger partial charge < -0.3 is 15.2 Å². The van der Waals surface area contributed by atoms with Crippen molar-refractivity contribution in [1.29, 1.82) is 0 Å². The summed E-state index contributed by atoms with van der Waals surface area (Å²) in [6, 6.07) is 24.2. The number of carbonyl (C=O) groups is 3. The van der Waals surface area contributed by atoms with Crippen LogP contribution in [0.25, 0.3) is 10.9 Å². The highest BCUT2D eigenvalue weighted by Crippen LogP contribution is 2.45. The van der Waals surface area contributed by atoms with Crippen molar-refractivity contribution in [2.24, 2.45) is 0 Å². The summed E-state index contributed by atoms with van der Waals surface area (Å²) in [5, 5.41) is 4.01. The molecule has 0 aliphatic carbocycles. The minimum atomic E-state index is -1.17. The van der Waals surface area contributed by atoms with Crippen LogP contribution in [0.5, 0.6) is 0 Å². The minimum absolute atomic E-state index is 0.299. The smallest absolute Gasteiger partial charge is 0.332 e. The number of anilines is 1. The Hall–Kier alpha value is -4.39. The maximum atomic E-state index is 14.0. The zero-order valence-corrected chi connectivity index (χ0v) is 20.0. The van der Waals surface area contributed by atoms with Gasteiger partial charge >= 0.3 is 6.03 Å². The molecule has 3 heterocycles. The first-order chi connectivity index (χ1) is 17.5. The predicted molar refractivity (Wildman–Crippen MR) is 138 cm³/mol. The van der Waals surface area contributed by atoms with Gasteiger partial charge in [-0.2, -0.15) is 0 Å². The number of hydrogen-bond donors (Lipinski definition) is 2. The maximum absolute atomic E-state index is 14.0. The second-order valence-electron chi connectivity index (χ2n) is 9.43. The van der Waals surface area contributed by atoms with E-state index in [9.17, 15) is 14.4 Å². The molecular weight excluding hydrogens is 452 g/mol. The predicted octanol–water partition coefficient (Wildman–Crippen LogP) is 4.38. The largest absolute Gasteiger partial charge is 0.356 e. The second kappa shape index (κ2) is 8.37. The average molecular weight is 479 g/mol. The zero-order chi connectivity index (χ0) is 24.9. The van der Waals surface area contributed by atoms with Crippen molar-refractivity contribution in [3.63, 3.8) is 0 Å². The summed E-state index contributed by atoms with van der Waals surface area (Å²) in [4.78, 5) is 47.0. The Balaban J connectivity index is 1.32. The number of urea groups is 1. The molecule has 4 amide bonds. The number of fused-ring (bicyclic) bond motifs is 5. The number of aromatic nitrogens is 1. The molecule has 1 fully saturated rings. The highest BCUT2D eigenvalue weighted by molar-refractivity contribution is 6.25. The Kier molecular flexibility index (Phi) is 5.14. The molecule has 2 aliphatic rings. The van der Waals surface area contributed by atoms with E-state index in [1.165, 1.54) is 4.90 Å². The van der Waals surface area contributed by atoms with E-state index in [1.807, 2.05) is 54.6 Å². The summed E-state index contributed by atoms with van der Waals surface area (Å²) >= 11 is 0. The normalized spacial score (nSPS) is 18.9. The van der Waals surface area contributed by atoms with Gasteiger partial charge in [0.05, 0.1) is 16.9 Å². The van der Waals surface area contributed by atoms with Crippen LogP contribution < -0.4 is 10.2 Å². The Morgan fingerprint density at radius 2 is 1.69 bits per heavy atom. The van der Waals surface area contributed by atoms with Gasteiger partial charge in [0.2, 0.25) is 0 Å². The van der Waals surface area contributed by atoms with Crippen LogP contribution in [-0.4, -0.2) is 40.8 Å². The third-order valence-corrected chi connectivity index (χ3v) is 7.40. The quantitative estimate of drug-likeness (QED) is 0.418. The third-order valence-electron chi connectivity index (χ3n) is 7.40. The van der Waals surface area contributed by atoms with Gasteiger partial charge in [-0.1, -0.05) is 60.7 Å². The van der Waals surface area contributed by atoms with Gasteiger partial charge in [0, 0.05) is 24.0 Å². The van der Waals surface area contributed by atoms with E-state index in [4.69, 9.17) is 0 Å². The lowest BCUT2D eigenvalue weighted by Gasteiger charge is -2.35. The van der Waals surface area contributed by atoms with E-state index >= 15 is 0 Å². The highest BCUT2D eigenvalue weighted by atomic mass is 16.2. The van der Waals surface area contributed by atoms with Crippen molar-refractivity contribution in [3.05, 3.63) is 101 Å². The topological polar surface area (TPSA) is 85.5 Å². The standard InChI is InChI=1S/C29H26N4O3/c1-29-25-21(20-11-5-7-13-23(20)31-25)16-18-32(29)28(36)33(27(29)35)24-14-8-6-12-22(24)26(34)30-17-15-19-9-3-2-4-10-19/h2-14,31H,15-18H2,1H3,(H,30,34)/t29-/m0/s1. The van der Waals surface area contributed by atoms with Crippen LogP contribution in [0.4, 0.5) is 10.5 Å². The average Bonchev–Trinajstić information content (AvgIpc) is 3.38. The van der Waals surface area contributed by atoms with Gasteiger partial charge in [-0.3, -0.25) is 9.59 Å². The number of benzene rings is 3. The third kappa shape index (κ3) is 3.23. The molecular formula is C29H26N4O3. The van der Waals surface area contributed by atoms with Crippen LogP contribution in [-0.2, 0) is 23.2 Å². The van der Waals surface area contributed by atoms with E-state index in [2.05, 4.69) is 10.3 Å². The summed E-state index contributed by atoms with van der Waals surface area (Å²) in [6.07, 6.45) is 1.34. The molecule has 2 N–H and O–H groups in total. The number of aromatic amines is 1.